The zero-order valence-corrected chi connectivity index (χ0v) is 48.9. The predicted octanol–water partition coefficient (Wildman–Crippen LogP) is 4.37. The highest BCUT2D eigenvalue weighted by Crippen LogP contribution is 2.49. The number of azo groups is 4. The Labute approximate surface area is 484 Å². The molecule has 6 aromatic rings. The van der Waals surface area contributed by atoms with E-state index >= 15 is 0 Å². The highest BCUT2D eigenvalue weighted by Gasteiger charge is 2.31. The Kier molecular flexibility index (Phi) is 19.0. The highest BCUT2D eigenvalue weighted by molar-refractivity contribution is 7.92. The molecule has 0 aromatic heterocycles. The first kappa shape index (κ1) is 67.5. The summed E-state index contributed by atoms with van der Waals surface area (Å²) in [5.74, 6) is -3.40. The number of aromatic hydroxyl groups is 1. The predicted molar refractivity (Wildman–Crippen MR) is 290 cm³/mol. The van der Waals surface area contributed by atoms with Crippen LogP contribution in [0.25, 0.3) is 10.8 Å². The summed E-state index contributed by atoms with van der Waals surface area (Å²) in [4.78, 5) is -8.12. The molecule has 0 fully saturated rings. The molecule has 0 aliphatic carbocycles. The lowest BCUT2D eigenvalue weighted by Crippen LogP contribution is -2.15. The van der Waals surface area contributed by atoms with E-state index in [4.69, 9.17) is 26.3 Å². The fourth-order valence-electron chi connectivity index (χ4n) is 6.88. The molecule has 6 aromatic carbocycles. The van der Waals surface area contributed by atoms with Crippen molar-refractivity contribution in [2.24, 2.45) is 40.9 Å². The first-order valence-corrected chi connectivity index (χ1v) is 34.9. The third-order valence-electron chi connectivity index (χ3n) is 10.7. The number of phenols is 1. The van der Waals surface area contributed by atoms with Gasteiger partial charge in [0.2, 0.25) is 0 Å². The topological polar surface area (TPSA) is 665 Å². The summed E-state index contributed by atoms with van der Waals surface area (Å²) in [6, 6.07) is 8.99. The Morgan fingerprint density at radius 2 is 0.721 bits per heavy atom. The van der Waals surface area contributed by atoms with Crippen molar-refractivity contribution in [1.82, 2.24) is 0 Å². The zero-order valence-electron chi connectivity index (χ0n) is 41.6. The number of fused-ring (bicyclic) bond motifs is 1. The molecule has 86 heavy (non-hydrogen) atoms. The molecule has 0 bridgehead atoms. The summed E-state index contributed by atoms with van der Waals surface area (Å²) in [5, 5.41) is 38.9. The molecule has 6 rings (SSSR count). The summed E-state index contributed by atoms with van der Waals surface area (Å²) < 4.78 is 296. The lowest BCUT2D eigenvalue weighted by molar-refractivity contribution is 0.282. The van der Waals surface area contributed by atoms with Crippen LogP contribution in [0.2, 0.25) is 0 Å². The number of sulfone groups is 2. The van der Waals surface area contributed by atoms with Crippen LogP contribution in [0.4, 0.5) is 62.6 Å². The van der Waals surface area contributed by atoms with E-state index in [9.17, 15) is 104 Å². The molecule has 464 valence electrons. The third-order valence-corrected chi connectivity index (χ3v) is 19.4. The van der Waals surface area contributed by atoms with Gasteiger partial charge in [-0.25, -0.2) is 25.2 Å². The number of benzene rings is 6. The second-order valence-corrected chi connectivity index (χ2v) is 29.8. The number of nitrogens with two attached hydrogens (primary N) is 3. The van der Waals surface area contributed by atoms with E-state index in [1.807, 2.05) is 0 Å². The molecule has 0 aliphatic heterocycles. The number of hydrogen-bond acceptors (Lipinski definition) is 32. The molecule has 0 heterocycles. The normalized spacial score (nSPS) is 13.7. The standard InChI is InChI=1S/C38H35N11O28S9/c39-32-25(16-28(82(61,62)63)33(40)37(32)49-43-20-3-7-22(8-4-20)79(53,54)12-10-77-86(73,74)75)46-44-23-15-24(27(81(58,59)60)17-26(23)80(55,56)57)45-48-36-30(84(67,68)69)14-18-13-29(83(64,65)66)35(34(41)31(18)38(36)50)47-42-19-1-5-21(6-2-19)78(51,52)11-9-76-85(70,71)72/h1-8,13-17,50H,9-12,39-41H2,(H,55,56,57)(H,58,59,60)(H,61,62,63)(H,64,65,66)(H,67,68,69)(H,70,71,72)(H,73,74,75)/b46-44+,47-42+,48-45+,49-43+. The molecule has 0 amide bonds. The highest BCUT2D eigenvalue weighted by atomic mass is 32.3. The Bertz CT molecular complexity index is 5010. The van der Waals surface area contributed by atoms with E-state index in [1.54, 1.807) is 0 Å². The van der Waals surface area contributed by atoms with E-state index in [1.165, 1.54) is 0 Å². The van der Waals surface area contributed by atoms with Crippen molar-refractivity contribution < 1.29 is 121 Å². The van der Waals surface area contributed by atoms with Crippen LogP contribution >= 0.6 is 0 Å². The monoisotopic (exact) mass is 1380 g/mol. The maximum absolute atomic E-state index is 12.8. The molecule has 0 saturated heterocycles. The summed E-state index contributed by atoms with van der Waals surface area (Å²) in [7, 11) is -46.7. The molecule has 0 saturated carbocycles. The van der Waals surface area contributed by atoms with Crippen LogP contribution < -0.4 is 17.2 Å². The molecule has 14 N–H and O–H groups in total. The number of rotatable bonds is 23. The van der Waals surface area contributed by atoms with Gasteiger partial charge in [0.1, 0.15) is 58.6 Å². The van der Waals surface area contributed by atoms with Crippen LogP contribution in [0.5, 0.6) is 5.75 Å². The van der Waals surface area contributed by atoms with E-state index < -0.39 is 218 Å². The average Bonchev–Trinajstić information content (AvgIpc) is 0.801. The van der Waals surface area contributed by atoms with Crippen LogP contribution in [0.3, 0.4) is 0 Å². The maximum Gasteiger partial charge on any atom is 0.397 e. The fraction of sp³-hybridized carbons (Fsp3) is 0.105. The fourth-order valence-corrected chi connectivity index (χ4v) is 13.2. The van der Waals surface area contributed by atoms with Crippen molar-refractivity contribution in [3.63, 3.8) is 0 Å². The first-order chi connectivity index (χ1) is 39.2. The number of nitrogens with zero attached hydrogens (tertiary/aromatic N) is 8. The van der Waals surface area contributed by atoms with Crippen LogP contribution in [-0.4, -0.2) is 137 Å². The van der Waals surface area contributed by atoms with Gasteiger partial charge in [-0.05, 0) is 84.2 Å². The van der Waals surface area contributed by atoms with Gasteiger partial charge in [0.15, 0.2) is 25.4 Å². The van der Waals surface area contributed by atoms with Gasteiger partial charge in [-0.2, -0.15) is 69.2 Å². The van der Waals surface area contributed by atoms with E-state index in [0.717, 1.165) is 48.5 Å². The smallest absolute Gasteiger partial charge is 0.397 e. The van der Waals surface area contributed by atoms with Crippen molar-refractivity contribution in [2.45, 2.75) is 34.3 Å². The van der Waals surface area contributed by atoms with Gasteiger partial charge in [0.25, 0.3) is 50.6 Å². The summed E-state index contributed by atoms with van der Waals surface area (Å²) in [5.41, 5.74) is 8.16. The Morgan fingerprint density at radius 1 is 0.360 bits per heavy atom. The molecular weight excluding hydrogens is 1350 g/mol. The van der Waals surface area contributed by atoms with Crippen molar-refractivity contribution >= 4 is 164 Å². The Hall–Kier alpha value is -7.63. The minimum atomic E-state index is -5.79. The van der Waals surface area contributed by atoms with Gasteiger partial charge in [-0.15, -0.1) is 30.7 Å². The maximum atomic E-state index is 12.8. The molecule has 0 spiro atoms. The lowest BCUT2D eigenvalue weighted by Gasteiger charge is -2.14. The molecule has 0 unspecified atom stereocenters. The Balaban J connectivity index is 1.48. The molecule has 0 radical (unpaired) electrons. The molecule has 0 atom stereocenters. The summed E-state index contributed by atoms with van der Waals surface area (Å²) in [6.07, 6.45) is 0. The van der Waals surface area contributed by atoms with Crippen LogP contribution in [0.15, 0.2) is 154 Å². The first-order valence-electron chi connectivity index (χ1n) is 21.7. The number of anilines is 3. The molecule has 48 heteroatoms. The second kappa shape index (κ2) is 24.3. The van der Waals surface area contributed by atoms with Crippen LogP contribution in [0, 0.1) is 0 Å². The Morgan fingerprint density at radius 3 is 1.12 bits per heavy atom. The van der Waals surface area contributed by atoms with E-state index in [-0.39, 0.29) is 23.5 Å². The van der Waals surface area contributed by atoms with Gasteiger partial charge < -0.3 is 22.3 Å². The van der Waals surface area contributed by atoms with Gasteiger partial charge in [0, 0.05) is 0 Å². The lowest BCUT2D eigenvalue weighted by atomic mass is 10.1. The third kappa shape index (κ3) is 16.5. The van der Waals surface area contributed by atoms with Crippen molar-refractivity contribution in [1.29, 1.82) is 0 Å². The van der Waals surface area contributed by atoms with Gasteiger partial charge in [-0.3, -0.25) is 31.9 Å². The van der Waals surface area contributed by atoms with Crippen LogP contribution in [0.1, 0.15) is 0 Å². The van der Waals surface area contributed by atoms with Crippen molar-refractivity contribution in [3.05, 3.63) is 78.9 Å². The largest absolute Gasteiger partial charge is 0.505 e. The van der Waals surface area contributed by atoms with E-state index in [0.29, 0.717) is 18.2 Å². The van der Waals surface area contributed by atoms with Gasteiger partial charge >= 0.3 is 20.8 Å². The quantitative estimate of drug-likeness (QED) is 0.0241. The number of hydrogen-bond donors (Lipinski definition) is 11. The SMILES string of the molecule is Nc1c(/N=N/c2cc(/N=N/c3c(S(=O)(=O)O)cc4cc(S(=O)(=O)O)c(/N=N/c5ccc(S(=O)(=O)CCOS(=O)(=O)O)cc5)c(N)c4c3O)c(S(=O)(=O)O)cc2S(=O)(=O)O)cc(S(=O)(=O)O)c(N)c1/N=N/c1ccc(S(=O)(=O)CCOS(=O)(=O)O)cc1. The number of nitrogen functional groups attached to an aromatic ring is 3. The van der Waals surface area contributed by atoms with Gasteiger partial charge in [-0.1, -0.05) is 0 Å². The molecular formula is C38H35N11O28S9. The molecule has 39 nitrogen and oxygen atoms in total. The zero-order chi connectivity index (χ0) is 64.7. The van der Waals surface area contributed by atoms with E-state index in [2.05, 4.69) is 49.3 Å². The minimum Gasteiger partial charge on any atom is -0.505 e. The van der Waals surface area contributed by atoms with Crippen LogP contribution in [-0.2, 0) is 99.4 Å². The van der Waals surface area contributed by atoms with Crippen molar-refractivity contribution in [2.75, 3.05) is 41.9 Å². The minimum absolute atomic E-state index is 0.0436. The van der Waals surface area contributed by atoms with Gasteiger partial charge in [0.05, 0.1) is 68.3 Å². The number of phenolic OH excluding ortho intramolecular Hbond substituents is 1. The van der Waals surface area contributed by atoms with Crippen molar-refractivity contribution in [3.8, 4) is 5.75 Å². The summed E-state index contributed by atoms with van der Waals surface area (Å²) >= 11 is 0. The second-order valence-electron chi connectivity index (χ2n) is 16.5. The molecule has 0 aliphatic rings. The summed E-state index contributed by atoms with van der Waals surface area (Å²) in [6.45, 7) is -1.98. The average molecular weight is 1380 g/mol.